The molecule has 6 nitrogen and oxygen atoms in total. The smallest absolute Gasteiger partial charge is 0.339 e. The molecule has 1 N–H and O–H groups in total. The normalized spacial score (nSPS) is 15.9. The van der Waals surface area contributed by atoms with Crippen LogP contribution in [-0.4, -0.2) is 30.0 Å². The molecule has 0 saturated carbocycles. The summed E-state index contributed by atoms with van der Waals surface area (Å²) < 4.78 is 5.01. The third-order valence-electron chi connectivity index (χ3n) is 3.20. The predicted octanol–water partition coefficient (Wildman–Crippen LogP) is 1.83. The van der Waals surface area contributed by atoms with E-state index in [9.17, 15) is 14.4 Å². The summed E-state index contributed by atoms with van der Waals surface area (Å²) >= 11 is 0. The van der Waals surface area contributed by atoms with Gasteiger partial charge in [0.05, 0.1) is 12.8 Å². The Bertz CT molecular complexity index is 549. The van der Waals surface area contributed by atoms with Gasteiger partial charge in [-0.1, -0.05) is 0 Å². The first-order valence-electron chi connectivity index (χ1n) is 6.31. The fourth-order valence-corrected chi connectivity index (χ4v) is 2.20. The van der Waals surface area contributed by atoms with Crippen molar-refractivity contribution in [3.05, 3.63) is 23.8 Å². The summed E-state index contributed by atoms with van der Waals surface area (Å²) in [5.74, 6) is -1.53. The molecule has 0 radical (unpaired) electrons. The molecule has 1 aromatic carbocycles. The van der Waals surface area contributed by atoms with E-state index in [1.807, 2.05) is 0 Å². The van der Waals surface area contributed by atoms with Crippen LogP contribution in [-0.2, 0) is 9.59 Å². The molecular formula is C14H15NO5. The van der Waals surface area contributed by atoms with Gasteiger partial charge in [-0.15, -0.1) is 0 Å². The molecule has 0 aromatic heterocycles. The Kier molecular flexibility index (Phi) is 4.02. The second kappa shape index (κ2) is 5.73. The van der Waals surface area contributed by atoms with Gasteiger partial charge < -0.3 is 9.84 Å². The van der Waals surface area contributed by atoms with Gasteiger partial charge in [-0.3, -0.25) is 14.5 Å². The van der Waals surface area contributed by atoms with Gasteiger partial charge in [-0.2, -0.15) is 0 Å². The van der Waals surface area contributed by atoms with Crippen LogP contribution in [0, 0.1) is 0 Å². The molecule has 0 unspecified atom stereocenters. The summed E-state index contributed by atoms with van der Waals surface area (Å²) in [6.07, 6.45) is 2.00. The average molecular weight is 277 g/mol. The van der Waals surface area contributed by atoms with E-state index in [-0.39, 0.29) is 23.1 Å². The molecule has 2 rings (SSSR count). The SMILES string of the molecule is COc1cc(N2C(=O)CCCCC2=O)ccc1C(=O)O. The van der Waals surface area contributed by atoms with Gasteiger partial charge in [0.1, 0.15) is 11.3 Å². The van der Waals surface area contributed by atoms with Gasteiger partial charge in [-0.05, 0) is 25.0 Å². The zero-order chi connectivity index (χ0) is 14.7. The number of carboxylic acid groups (broad SMARTS) is 1. The lowest BCUT2D eigenvalue weighted by Crippen LogP contribution is -2.35. The molecule has 0 aliphatic carbocycles. The number of hydrogen-bond acceptors (Lipinski definition) is 4. The Morgan fingerprint density at radius 1 is 1.20 bits per heavy atom. The lowest BCUT2D eigenvalue weighted by molar-refractivity contribution is -0.125. The summed E-state index contributed by atoms with van der Waals surface area (Å²) in [7, 11) is 1.34. The minimum Gasteiger partial charge on any atom is -0.496 e. The Labute approximate surface area is 115 Å². The molecule has 106 valence electrons. The first-order chi connectivity index (χ1) is 9.54. The molecule has 1 fully saturated rings. The number of imide groups is 1. The van der Waals surface area contributed by atoms with Crippen molar-refractivity contribution < 1.29 is 24.2 Å². The van der Waals surface area contributed by atoms with Gasteiger partial charge in [-0.25, -0.2) is 4.79 Å². The van der Waals surface area contributed by atoms with Crippen LogP contribution >= 0.6 is 0 Å². The van der Waals surface area contributed by atoms with Gasteiger partial charge in [0.25, 0.3) is 0 Å². The fraction of sp³-hybridized carbons (Fsp3) is 0.357. The highest BCUT2D eigenvalue weighted by molar-refractivity contribution is 6.15. The number of aromatic carboxylic acids is 1. The molecule has 1 heterocycles. The zero-order valence-electron chi connectivity index (χ0n) is 11.1. The molecule has 1 aromatic rings. The van der Waals surface area contributed by atoms with Crippen LogP contribution in [0.2, 0.25) is 0 Å². The molecule has 0 atom stereocenters. The van der Waals surface area contributed by atoms with E-state index >= 15 is 0 Å². The summed E-state index contributed by atoms with van der Waals surface area (Å²) in [5.41, 5.74) is 0.342. The van der Waals surface area contributed by atoms with Crippen LogP contribution in [0.5, 0.6) is 5.75 Å². The molecular weight excluding hydrogens is 262 g/mol. The maximum atomic E-state index is 12.0. The summed E-state index contributed by atoms with van der Waals surface area (Å²) in [4.78, 5) is 36.1. The van der Waals surface area contributed by atoms with E-state index in [4.69, 9.17) is 9.84 Å². The maximum absolute atomic E-state index is 12.0. The fourth-order valence-electron chi connectivity index (χ4n) is 2.20. The van der Waals surface area contributed by atoms with Crippen molar-refractivity contribution in [1.29, 1.82) is 0 Å². The van der Waals surface area contributed by atoms with E-state index in [2.05, 4.69) is 0 Å². The van der Waals surface area contributed by atoms with E-state index in [0.29, 0.717) is 31.4 Å². The molecule has 20 heavy (non-hydrogen) atoms. The average Bonchev–Trinajstić information content (AvgIpc) is 2.59. The van der Waals surface area contributed by atoms with E-state index in [0.717, 1.165) is 4.90 Å². The number of carbonyl (C=O) groups is 3. The molecule has 1 aliphatic heterocycles. The van der Waals surface area contributed by atoms with Gasteiger partial charge in [0.15, 0.2) is 0 Å². The lowest BCUT2D eigenvalue weighted by Gasteiger charge is -2.19. The van der Waals surface area contributed by atoms with Gasteiger partial charge in [0, 0.05) is 18.9 Å². The molecule has 1 aliphatic rings. The first kappa shape index (κ1) is 14.0. The summed E-state index contributed by atoms with van der Waals surface area (Å²) in [6, 6.07) is 4.19. The molecule has 0 spiro atoms. The van der Waals surface area contributed by atoms with Crippen molar-refractivity contribution in [3.8, 4) is 5.75 Å². The Morgan fingerprint density at radius 2 is 1.80 bits per heavy atom. The van der Waals surface area contributed by atoms with E-state index in [1.165, 1.54) is 25.3 Å². The monoisotopic (exact) mass is 277 g/mol. The third-order valence-corrected chi connectivity index (χ3v) is 3.20. The maximum Gasteiger partial charge on any atom is 0.339 e. The number of rotatable bonds is 3. The summed E-state index contributed by atoms with van der Waals surface area (Å²) in [6.45, 7) is 0. The first-order valence-corrected chi connectivity index (χ1v) is 6.31. The van der Waals surface area contributed by atoms with Crippen LogP contribution in [0.4, 0.5) is 5.69 Å². The standard InChI is InChI=1S/C14H15NO5/c1-20-11-8-9(6-7-10(11)14(18)19)15-12(16)4-2-3-5-13(15)17/h6-8H,2-5H2,1H3,(H,18,19). The van der Waals surface area contributed by atoms with E-state index in [1.54, 1.807) is 0 Å². The van der Waals surface area contributed by atoms with Crippen LogP contribution in [0.25, 0.3) is 0 Å². The van der Waals surface area contributed by atoms with Crippen molar-refractivity contribution in [2.75, 3.05) is 12.0 Å². The van der Waals surface area contributed by atoms with Crippen molar-refractivity contribution >= 4 is 23.5 Å². The quantitative estimate of drug-likeness (QED) is 0.852. The number of carboxylic acids is 1. The number of ether oxygens (including phenoxy) is 1. The van der Waals surface area contributed by atoms with Gasteiger partial charge >= 0.3 is 5.97 Å². The van der Waals surface area contributed by atoms with Crippen molar-refractivity contribution in [2.45, 2.75) is 25.7 Å². The van der Waals surface area contributed by atoms with Crippen LogP contribution < -0.4 is 9.64 Å². The van der Waals surface area contributed by atoms with Crippen molar-refractivity contribution in [3.63, 3.8) is 0 Å². The second-order valence-corrected chi connectivity index (χ2v) is 4.52. The number of amides is 2. The molecule has 2 amide bonds. The van der Waals surface area contributed by atoms with Crippen LogP contribution in [0.3, 0.4) is 0 Å². The largest absolute Gasteiger partial charge is 0.496 e. The Hall–Kier alpha value is -2.37. The number of carbonyl (C=O) groups excluding carboxylic acids is 2. The topological polar surface area (TPSA) is 83.9 Å². The Morgan fingerprint density at radius 3 is 2.30 bits per heavy atom. The van der Waals surface area contributed by atoms with Crippen molar-refractivity contribution in [1.82, 2.24) is 0 Å². The summed E-state index contributed by atoms with van der Waals surface area (Å²) in [5, 5.41) is 9.02. The number of hydrogen-bond donors (Lipinski definition) is 1. The number of nitrogens with zero attached hydrogens (tertiary/aromatic N) is 1. The highest BCUT2D eigenvalue weighted by Crippen LogP contribution is 2.28. The van der Waals surface area contributed by atoms with E-state index < -0.39 is 5.97 Å². The predicted molar refractivity (Wildman–Crippen MR) is 70.9 cm³/mol. The highest BCUT2D eigenvalue weighted by atomic mass is 16.5. The number of anilines is 1. The highest BCUT2D eigenvalue weighted by Gasteiger charge is 2.26. The number of methoxy groups -OCH3 is 1. The number of benzene rings is 1. The second-order valence-electron chi connectivity index (χ2n) is 4.52. The van der Waals surface area contributed by atoms with Crippen LogP contribution in [0.15, 0.2) is 18.2 Å². The molecule has 1 saturated heterocycles. The van der Waals surface area contributed by atoms with Gasteiger partial charge in [0.2, 0.25) is 11.8 Å². The van der Waals surface area contributed by atoms with Crippen molar-refractivity contribution in [2.24, 2.45) is 0 Å². The molecule has 6 heteroatoms. The lowest BCUT2D eigenvalue weighted by atomic mass is 10.1. The minimum atomic E-state index is -1.12. The third kappa shape index (κ3) is 2.64. The zero-order valence-corrected chi connectivity index (χ0v) is 11.1. The molecule has 0 bridgehead atoms. The van der Waals surface area contributed by atoms with Crippen LogP contribution in [0.1, 0.15) is 36.0 Å². The minimum absolute atomic E-state index is 0.00836. The Balaban J connectivity index is 2.43.